The molecule has 6 unspecified atom stereocenters. The van der Waals surface area contributed by atoms with E-state index in [-0.39, 0.29) is 19.4 Å². The Kier molecular flexibility index (Phi) is 32.5. The van der Waals surface area contributed by atoms with Gasteiger partial charge in [-0.1, -0.05) is 181 Å². The lowest BCUT2D eigenvalue weighted by atomic mass is 10.00. The standard InChI is InChI=1S/C43H82O12S/c1-3-5-7-9-11-13-15-16-17-18-19-20-22-24-26-28-30-32-39(45)54-36(33-52-38(44)31-29-27-25-23-21-14-12-10-8-6-4-2)34-53-43-42(48)41(47)40(46)37(55-43)35-56(49,50)51/h36-37,40-43,46-48H,3-35H2,1-2H3,(H,49,50,51). The maximum atomic E-state index is 12.8. The minimum absolute atomic E-state index is 0.172. The maximum absolute atomic E-state index is 12.8. The minimum Gasteiger partial charge on any atom is -0.462 e. The van der Waals surface area contributed by atoms with Crippen LogP contribution in [0.3, 0.4) is 0 Å². The number of aliphatic hydroxyl groups is 3. The second kappa shape index (κ2) is 34.5. The lowest BCUT2D eigenvalue weighted by Gasteiger charge is -2.40. The van der Waals surface area contributed by atoms with Crippen LogP contribution in [0.4, 0.5) is 0 Å². The zero-order valence-electron chi connectivity index (χ0n) is 35.3. The lowest BCUT2D eigenvalue weighted by Crippen LogP contribution is -2.60. The summed E-state index contributed by atoms with van der Waals surface area (Å²) in [6, 6.07) is 0. The lowest BCUT2D eigenvalue weighted by molar-refractivity contribution is -0.297. The van der Waals surface area contributed by atoms with E-state index < -0.39 is 71.2 Å². The molecule has 1 heterocycles. The highest BCUT2D eigenvalue weighted by Gasteiger charge is 2.46. The van der Waals surface area contributed by atoms with E-state index in [2.05, 4.69) is 13.8 Å². The van der Waals surface area contributed by atoms with Crippen molar-refractivity contribution >= 4 is 22.1 Å². The number of carbonyl (C=O) groups is 2. The molecule has 0 bridgehead atoms. The van der Waals surface area contributed by atoms with Crippen molar-refractivity contribution in [2.75, 3.05) is 19.0 Å². The molecule has 1 saturated heterocycles. The Morgan fingerprint density at radius 1 is 0.536 bits per heavy atom. The van der Waals surface area contributed by atoms with Gasteiger partial charge in [-0.3, -0.25) is 14.1 Å². The Morgan fingerprint density at radius 2 is 0.911 bits per heavy atom. The van der Waals surface area contributed by atoms with Gasteiger partial charge in [-0.25, -0.2) is 0 Å². The SMILES string of the molecule is CCCCCCCCCCCCCCCCCCCC(=O)OC(COC(=O)CCCCCCCCCCCCC)COC1OC(CS(=O)(=O)O)C(O)C(O)C1O. The van der Waals surface area contributed by atoms with Crippen LogP contribution < -0.4 is 0 Å². The summed E-state index contributed by atoms with van der Waals surface area (Å²) in [4.78, 5) is 25.3. The number of esters is 2. The molecule has 1 aliphatic rings. The van der Waals surface area contributed by atoms with E-state index in [1.807, 2.05) is 0 Å². The summed E-state index contributed by atoms with van der Waals surface area (Å²) in [5.74, 6) is -1.96. The number of unbranched alkanes of at least 4 members (excludes halogenated alkanes) is 26. The molecule has 0 spiro atoms. The van der Waals surface area contributed by atoms with Crippen LogP contribution in [0.25, 0.3) is 0 Å². The molecule has 12 nitrogen and oxygen atoms in total. The fourth-order valence-corrected chi connectivity index (χ4v) is 7.84. The normalized spacial score (nSPS) is 20.6. The van der Waals surface area contributed by atoms with E-state index in [1.54, 1.807) is 0 Å². The van der Waals surface area contributed by atoms with E-state index in [4.69, 9.17) is 18.9 Å². The van der Waals surface area contributed by atoms with Crippen molar-refractivity contribution in [3.05, 3.63) is 0 Å². The third kappa shape index (κ3) is 29.0. The summed E-state index contributed by atoms with van der Waals surface area (Å²) in [7, 11) is -4.59. The molecular weight excluding hydrogens is 741 g/mol. The highest BCUT2D eigenvalue weighted by molar-refractivity contribution is 7.85. The second-order valence-electron chi connectivity index (χ2n) is 16.1. The molecule has 332 valence electrons. The fourth-order valence-electron chi connectivity index (χ4n) is 7.15. The summed E-state index contributed by atoms with van der Waals surface area (Å²) in [6.07, 6.45) is 24.4. The van der Waals surface area contributed by atoms with Crippen molar-refractivity contribution in [3.63, 3.8) is 0 Å². The number of hydrogen-bond donors (Lipinski definition) is 4. The van der Waals surface area contributed by atoms with Crippen molar-refractivity contribution < 1.29 is 56.8 Å². The van der Waals surface area contributed by atoms with Gasteiger partial charge in [0.05, 0.1) is 6.61 Å². The van der Waals surface area contributed by atoms with Crippen LogP contribution in [0, 0.1) is 0 Å². The van der Waals surface area contributed by atoms with Crippen molar-refractivity contribution in [2.45, 2.75) is 243 Å². The predicted molar refractivity (Wildman–Crippen MR) is 220 cm³/mol. The Hall–Kier alpha value is -1.35. The van der Waals surface area contributed by atoms with Crippen LogP contribution in [-0.4, -0.2) is 96.0 Å². The van der Waals surface area contributed by atoms with Crippen LogP contribution in [-0.2, 0) is 38.7 Å². The smallest absolute Gasteiger partial charge is 0.306 e. The molecule has 0 radical (unpaired) electrons. The molecule has 13 heteroatoms. The average Bonchev–Trinajstić information content (AvgIpc) is 3.16. The fraction of sp³-hybridized carbons (Fsp3) is 0.953. The Bertz CT molecular complexity index is 1060. The summed E-state index contributed by atoms with van der Waals surface area (Å²) in [5, 5.41) is 30.8. The molecule has 0 aromatic heterocycles. The predicted octanol–water partition coefficient (Wildman–Crippen LogP) is 8.90. The second-order valence-corrected chi connectivity index (χ2v) is 17.6. The van der Waals surface area contributed by atoms with Gasteiger partial charge in [0.25, 0.3) is 10.1 Å². The first-order valence-corrected chi connectivity index (χ1v) is 24.2. The van der Waals surface area contributed by atoms with Gasteiger partial charge in [0, 0.05) is 12.8 Å². The van der Waals surface area contributed by atoms with Crippen LogP contribution in [0.5, 0.6) is 0 Å². The molecule has 6 atom stereocenters. The third-order valence-corrected chi connectivity index (χ3v) is 11.4. The van der Waals surface area contributed by atoms with E-state index in [0.717, 1.165) is 38.5 Å². The quantitative estimate of drug-likeness (QED) is 0.0264. The van der Waals surface area contributed by atoms with Gasteiger partial charge >= 0.3 is 11.9 Å². The Labute approximate surface area is 340 Å². The van der Waals surface area contributed by atoms with Crippen LogP contribution in [0.2, 0.25) is 0 Å². The molecule has 0 amide bonds. The van der Waals surface area contributed by atoms with Crippen LogP contribution >= 0.6 is 0 Å². The van der Waals surface area contributed by atoms with Gasteiger partial charge in [0.15, 0.2) is 12.4 Å². The van der Waals surface area contributed by atoms with Gasteiger partial charge < -0.3 is 34.3 Å². The number of aliphatic hydroxyl groups excluding tert-OH is 3. The molecule has 0 aliphatic carbocycles. The number of hydrogen-bond acceptors (Lipinski definition) is 11. The molecule has 1 aliphatic heterocycles. The molecule has 0 aromatic carbocycles. The first-order valence-electron chi connectivity index (χ1n) is 22.6. The topological polar surface area (TPSA) is 186 Å². The van der Waals surface area contributed by atoms with Crippen molar-refractivity contribution in [1.82, 2.24) is 0 Å². The molecular formula is C43H82O12S. The van der Waals surface area contributed by atoms with Gasteiger partial charge in [0.1, 0.15) is 36.8 Å². The molecule has 56 heavy (non-hydrogen) atoms. The zero-order chi connectivity index (χ0) is 41.3. The van der Waals surface area contributed by atoms with Gasteiger partial charge in [-0.15, -0.1) is 0 Å². The third-order valence-electron chi connectivity index (χ3n) is 10.7. The zero-order valence-corrected chi connectivity index (χ0v) is 36.1. The number of carbonyl (C=O) groups excluding carboxylic acids is 2. The Morgan fingerprint density at radius 3 is 1.30 bits per heavy atom. The van der Waals surface area contributed by atoms with Gasteiger partial charge in [-0.2, -0.15) is 8.42 Å². The average molecular weight is 823 g/mol. The summed E-state index contributed by atoms with van der Waals surface area (Å²) in [6.45, 7) is 3.77. The maximum Gasteiger partial charge on any atom is 0.306 e. The highest BCUT2D eigenvalue weighted by Crippen LogP contribution is 2.24. The number of ether oxygens (including phenoxy) is 4. The number of rotatable bonds is 38. The van der Waals surface area contributed by atoms with Crippen molar-refractivity contribution in [3.8, 4) is 0 Å². The molecule has 4 N–H and O–H groups in total. The Balaban J connectivity index is 2.42. The monoisotopic (exact) mass is 823 g/mol. The van der Waals surface area contributed by atoms with Gasteiger partial charge in [-0.05, 0) is 12.8 Å². The van der Waals surface area contributed by atoms with Crippen molar-refractivity contribution in [2.24, 2.45) is 0 Å². The minimum atomic E-state index is -4.59. The van der Waals surface area contributed by atoms with E-state index in [1.165, 1.54) is 128 Å². The molecule has 1 fully saturated rings. The first-order chi connectivity index (χ1) is 27.0. The summed E-state index contributed by atoms with van der Waals surface area (Å²) < 4.78 is 54.0. The highest BCUT2D eigenvalue weighted by atomic mass is 32.2. The molecule has 0 saturated carbocycles. The summed E-state index contributed by atoms with van der Waals surface area (Å²) in [5.41, 5.74) is 0. The largest absolute Gasteiger partial charge is 0.462 e. The molecule has 1 rings (SSSR count). The summed E-state index contributed by atoms with van der Waals surface area (Å²) >= 11 is 0. The van der Waals surface area contributed by atoms with E-state index >= 15 is 0 Å². The van der Waals surface area contributed by atoms with E-state index in [0.29, 0.717) is 12.8 Å². The first kappa shape index (κ1) is 52.7. The van der Waals surface area contributed by atoms with E-state index in [9.17, 15) is 37.9 Å². The molecule has 0 aromatic rings. The van der Waals surface area contributed by atoms with Crippen LogP contribution in [0.15, 0.2) is 0 Å². The van der Waals surface area contributed by atoms with Crippen molar-refractivity contribution in [1.29, 1.82) is 0 Å². The van der Waals surface area contributed by atoms with Crippen LogP contribution in [0.1, 0.15) is 206 Å². The van der Waals surface area contributed by atoms with Gasteiger partial charge in [0.2, 0.25) is 0 Å².